The van der Waals surface area contributed by atoms with Crippen LogP contribution in [0.4, 0.5) is 0 Å². The SMILES string of the molecule is Cc1ccc(-c2nc3c(C)cc(C)cc3c(C(=O)Oc3ccc(Br)cc3)c2C)cc1. The molecule has 0 saturated heterocycles. The van der Waals surface area contributed by atoms with E-state index in [9.17, 15) is 4.79 Å². The second-order valence-corrected chi connectivity index (χ2v) is 8.56. The van der Waals surface area contributed by atoms with Gasteiger partial charge < -0.3 is 4.74 Å². The summed E-state index contributed by atoms with van der Waals surface area (Å²) in [4.78, 5) is 18.3. The van der Waals surface area contributed by atoms with Crippen LogP contribution in [-0.4, -0.2) is 11.0 Å². The molecule has 3 aromatic carbocycles. The topological polar surface area (TPSA) is 39.2 Å². The third-order valence-corrected chi connectivity index (χ3v) is 5.75. The summed E-state index contributed by atoms with van der Waals surface area (Å²) in [6, 6.07) is 19.6. The number of aryl methyl sites for hydroxylation is 3. The van der Waals surface area contributed by atoms with Crippen molar-refractivity contribution in [3.63, 3.8) is 0 Å². The number of nitrogens with zero attached hydrogens (tertiary/aromatic N) is 1. The standard InChI is InChI=1S/C26H22BrNO2/c1-15-5-7-19(8-6-15)25-18(4)23(22-14-16(2)13-17(3)24(22)28-25)26(29)30-21-11-9-20(27)10-12-21/h5-14H,1-4H3. The summed E-state index contributed by atoms with van der Waals surface area (Å²) in [5.41, 5.74) is 7.29. The van der Waals surface area contributed by atoms with E-state index in [2.05, 4.69) is 41.1 Å². The van der Waals surface area contributed by atoms with E-state index >= 15 is 0 Å². The highest BCUT2D eigenvalue weighted by Crippen LogP contribution is 2.33. The lowest BCUT2D eigenvalue weighted by molar-refractivity contribution is 0.0736. The third-order valence-electron chi connectivity index (χ3n) is 5.22. The van der Waals surface area contributed by atoms with Gasteiger partial charge in [-0.15, -0.1) is 0 Å². The Morgan fingerprint density at radius 1 is 0.867 bits per heavy atom. The van der Waals surface area contributed by atoms with Crippen molar-refractivity contribution in [2.24, 2.45) is 0 Å². The van der Waals surface area contributed by atoms with Crippen molar-refractivity contribution in [1.29, 1.82) is 0 Å². The fraction of sp³-hybridized carbons (Fsp3) is 0.154. The van der Waals surface area contributed by atoms with Gasteiger partial charge in [-0.2, -0.15) is 0 Å². The molecule has 0 N–H and O–H groups in total. The minimum absolute atomic E-state index is 0.374. The molecular formula is C26H22BrNO2. The molecule has 0 bridgehead atoms. The van der Waals surface area contributed by atoms with Gasteiger partial charge in [0.05, 0.1) is 16.8 Å². The number of hydrogen-bond acceptors (Lipinski definition) is 3. The highest BCUT2D eigenvalue weighted by atomic mass is 79.9. The number of halogens is 1. The largest absolute Gasteiger partial charge is 0.423 e. The fourth-order valence-electron chi connectivity index (χ4n) is 3.73. The molecule has 0 fully saturated rings. The van der Waals surface area contributed by atoms with E-state index in [4.69, 9.17) is 9.72 Å². The predicted molar refractivity (Wildman–Crippen MR) is 125 cm³/mol. The second kappa shape index (κ2) is 8.04. The number of pyridine rings is 1. The number of carbonyl (C=O) groups excluding carboxylic acids is 1. The van der Waals surface area contributed by atoms with Gasteiger partial charge in [0.15, 0.2) is 0 Å². The van der Waals surface area contributed by atoms with Crippen molar-refractivity contribution in [3.8, 4) is 17.0 Å². The molecule has 0 spiro atoms. The maximum Gasteiger partial charge on any atom is 0.344 e. The summed E-state index contributed by atoms with van der Waals surface area (Å²) < 4.78 is 6.68. The van der Waals surface area contributed by atoms with E-state index in [0.717, 1.165) is 43.3 Å². The lowest BCUT2D eigenvalue weighted by Gasteiger charge is -2.16. The van der Waals surface area contributed by atoms with Crippen molar-refractivity contribution >= 4 is 32.8 Å². The van der Waals surface area contributed by atoms with E-state index in [0.29, 0.717) is 11.3 Å². The molecule has 0 aliphatic rings. The van der Waals surface area contributed by atoms with Crippen LogP contribution >= 0.6 is 15.9 Å². The summed E-state index contributed by atoms with van der Waals surface area (Å²) in [6.07, 6.45) is 0. The zero-order valence-corrected chi connectivity index (χ0v) is 19.0. The van der Waals surface area contributed by atoms with Crippen LogP contribution in [0.3, 0.4) is 0 Å². The number of esters is 1. The monoisotopic (exact) mass is 459 g/mol. The average Bonchev–Trinajstić information content (AvgIpc) is 2.70. The molecule has 0 radical (unpaired) electrons. The summed E-state index contributed by atoms with van der Waals surface area (Å²) >= 11 is 3.41. The minimum atomic E-state index is -0.374. The summed E-state index contributed by atoms with van der Waals surface area (Å²) in [5.74, 6) is 0.134. The van der Waals surface area contributed by atoms with Gasteiger partial charge in [0.25, 0.3) is 0 Å². The van der Waals surface area contributed by atoms with Crippen molar-refractivity contribution in [2.45, 2.75) is 27.7 Å². The Morgan fingerprint density at radius 3 is 2.20 bits per heavy atom. The van der Waals surface area contributed by atoms with Gasteiger partial charge in [-0.05, 0) is 69.2 Å². The lowest BCUT2D eigenvalue weighted by atomic mass is 9.95. The van der Waals surface area contributed by atoms with Gasteiger partial charge in [-0.25, -0.2) is 9.78 Å². The minimum Gasteiger partial charge on any atom is -0.423 e. The normalized spacial score (nSPS) is 11.0. The molecule has 0 aliphatic heterocycles. The molecule has 30 heavy (non-hydrogen) atoms. The zero-order valence-electron chi connectivity index (χ0n) is 17.4. The van der Waals surface area contributed by atoms with E-state index < -0.39 is 0 Å². The van der Waals surface area contributed by atoms with Crippen LogP contribution < -0.4 is 4.74 Å². The molecule has 4 aromatic rings. The van der Waals surface area contributed by atoms with Gasteiger partial charge in [-0.1, -0.05) is 57.4 Å². The molecule has 1 heterocycles. The Kier molecular flexibility index (Phi) is 5.44. The van der Waals surface area contributed by atoms with Crippen LogP contribution in [0.25, 0.3) is 22.2 Å². The number of hydrogen-bond donors (Lipinski definition) is 0. The number of carbonyl (C=O) groups is 1. The molecule has 0 unspecified atom stereocenters. The number of benzene rings is 3. The first-order chi connectivity index (χ1) is 14.3. The van der Waals surface area contributed by atoms with Crippen LogP contribution in [0.15, 0.2) is 65.1 Å². The Morgan fingerprint density at radius 2 is 1.53 bits per heavy atom. The van der Waals surface area contributed by atoms with Crippen LogP contribution in [0.1, 0.15) is 32.6 Å². The smallest absolute Gasteiger partial charge is 0.344 e. The number of fused-ring (bicyclic) bond motifs is 1. The van der Waals surface area contributed by atoms with Crippen LogP contribution in [-0.2, 0) is 0 Å². The molecular weight excluding hydrogens is 438 g/mol. The average molecular weight is 460 g/mol. The van der Waals surface area contributed by atoms with Crippen molar-refractivity contribution < 1.29 is 9.53 Å². The molecule has 0 saturated carbocycles. The highest BCUT2D eigenvalue weighted by molar-refractivity contribution is 9.10. The first-order valence-electron chi connectivity index (χ1n) is 9.80. The lowest BCUT2D eigenvalue weighted by Crippen LogP contribution is -2.13. The Labute approximate surface area is 184 Å². The van der Waals surface area contributed by atoms with Crippen LogP contribution in [0, 0.1) is 27.7 Å². The van der Waals surface area contributed by atoms with Crippen molar-refractivity contribution in [3.05, 3.63) is 93.0 Å². The Balaban J connectivity index is 1.93. The molecule has 3 nitrogen and oxygen atoms in total. The molecule has 0 atom stereocenters. The van der Waals surface area contributed by atoms with E-state index in [-0.39, 0.29) is 5.97 Å². The van der Waals surface area contributed by atoms with Gasteiger partial charge in [0, 0.05) is 15.4 Å². The molecule has 0 amide bonds. The van der Waals surface area contributed by atoms with Crippen LogP contribution in [0.2, 0.25) is 0 Å². The van der Waals surface area contributed by atoms with Gasteiger partial charge in [0.1, 0.15) is 5.75 Å². The second-order valence-electron chi connectivity index (χ2n) is 7.65. The maximum atomic E-state index is 13.3. The molecule has 4 heteroatoms. The van der Waals surface area contributed by atoms with E-state index in [1.807, 2.05) is 51.1 Å². The summed E-state index contributed by atoms with van der Waals surface area (Å²) in [7, 11) is 0. The maximum absolute atomic E-state index is 13.3. The number of ether oxygens (including phenoxy) is 1. The Hall–Kier alpha value is -2.98. The van der Waals surface area contributed by atoms with E-state index in [1.165, 1.54) is 5.56 Å². The molecule has 4 rings (SSSR count). The summed E-state index contributed by atoms with van der Waals surface area (Å²) in [5, 5.41) is 0.822. The predicted octanol–water partition coefficient (Wildman–Crippen LogP) is 7.12. The van der Waals surface area contributed by atoms with Gasteiger partial charge >= 0.3 is 5.97 Å². The number of aromatic nitrogens is 1. The molecule has 150 valence electrons. The summed E-state index contributed by atoms with van der Waals surface area (Å²) in [6.45, 7) is 8.05. The molecule has 1 aromatic heterocycles. The molecule has 0 aliphatic carbocycles. The zero-order chi connectivity index (χ0) is 21.4. The van der Waals surface area contributed by atoms with Gasteiger partial charge in [-0.3, -0.25) is 0 Å². The van der Waals surface area contributed by atoms with E-state index in [1.54, 1.807) is 12.1 Å². The first-order valence-corrected chi connectivity index (χ1v) is 10.6. The van der Waals surface area contributed by atoms with Crippen LogP contribution in [0.5, 0.6) is 5.75 Å². The first kappa shape index (κ1) is 20.3. The van der Waals surface area contributed by atoms with Gasteiger partial charge in [0.2, 0.25) is 0 Å². The number of rotatable bonds is 3. The highest BCUT2D eigenvalue weighted by Gasteiger charge is 2.22. The van der Waals surface area contributed by atoms with Crippen molar-refractivity contribution in [2.75, 3.05) is 0 Å². The third kappa shape index (κ3) is 3.88. The fourth-order valence-corrected chi connectivity index (χ4v) is 4.00. The van der Waals surface area contributed by atoms with Crippen molar-refractivity contribution in [1.82, 2.24) is 4.98 Å². The Bertz CT molecular complexity index is 1260. The quantitative estimate of drug-likeness (QED) is 0.241.